The summed E-state index contributed by atoms with van der Waals surface area (Å²) in [4.78, 5) is 15.7. The maximum Gasteiger partial charge on any atom is 0.246 e. The van der Waals surface area contributed by atoms with Gasteiger partial charge in [-0.05, 0) is 42.0 Å². The summed E-state index contributed by atoms with van der Waals surface area (Å²) in [5.74, 6) is 1.13. The third kappa shape index (κ3) is 5.30. The fourth-order valence-corrected chi connectivity index (χ4v) is 3.56. The first-order chi connectivity index (χ1) is 14.5. The van der Waals surface area contributed by atoms with Crippen LogP contribution in [0.2, 0.25) is 0 Å². The molecule has 0 saturated carbocycles. The predicted octanol–water partition coefficient (Wildman–Crippen LogP) is 1.79. The molecule has 0 unspecified atom stereocenters. The number of carbonyl (C=O) groups excluding carboxylic acids is 1. The summed E-state index contributed by atoms with van der Waals surface area (Å²) in [5.41, 5.74) is 1.79. The van der Waals surface area contributed by atoms with Crippen LogP contribution in [0, 0.1) is 5.82 Å². The fraction of sp³-hybridized carbons (Fsp3) is 0.348. The van der Waals surface area contributed by atoms with Gasteiger partial charge in [-0.25, -0.2) is 4.39 Å². The number of amides is 1. The molecule has 1 N–H and O–H groups in total. The van der Waals surface area contributed by atoms with Gasteiger partial charge < -0.3 is 24.0 Å². The molecule has 160 valence electrons. The van der Waals surface area contributed by atoms with Gasteiger partial charge in [0.1, 0.15) is 6.54 Å². The molecule has 0 aliphatic carbocycles. The molecule has 1 aliphatic rings. The Morgan fingerprint density at radius 2 is 1.67 bits per heavy atom. The van der Waals surface area contributed by atoms with Crippen LogP contribution in [-0.4, -0.2) is 58.3 Å². The molecule has 0 atom stereocenters. The van der Waals surface area contributed by atoms with Crippen molar-refractivity contribution in [2.75, 3.05) is 47.5 Å². The number of hydrogen-bond donors (Lipinski definition) is 1. The Morgan fingerprint density at radius 3 is 2.30 bits per heavy atom. The van der Waals surface area contributed by atoms with E-state index in [9.17, 15) is 9.18 Å². The highest BCUT2D eigenvalue weighted by Gasteiger charge is 2.23. The van der Waals surface area contributed by atoms with E-state index >= 15 is 0 Å². The number of hydrogen-bond acceptors (Lipinski definition) is 4. The lowest BCUT2D eigenvalue weighted by atomic mass is 10.1. The van der Waals surface area contributed by atoms with Crippen molar-refractivity contribution < 1.29 is 28.3 Å². The van der Waals surface area contributed by atoms with Gasteiger partial charge >= 0.3 is 0 Å². The topological polar surface area (TPSA) is 52.4 Å². The number of ether oxygens (including phenoxy) is 3. The van der Waals surface area contributed by atoms with Gasteiger partial charge in [0, 0.05) is 11.6 Å². The predicted molar refractivity (Wildman–Crippen MR) is 113 cm³/mol. The van der Waals surface area contributed by atoms with Crippen LogP contribution in [0.5, 0.6) is 17.2 Å². The largest absolute Gasteiger partial charge is 0.494 e. The highest BCUT2D eigenvalue weighted by molar-refractivity contribution is 5.91. The SMILES string of the molecule is COc1ccc(/C=C/C(=O)N2CC[NH+](Cc3ccc(OC)c(OC)c3)CC2)cc1F. The molecule has 0 spiro atoms. The van der Waals surface area contributed by atoms with Crippen LogP contribution in [0.15, 0.2) is 42.5 Å². The third-order valence-electron chi connectivity index (χ3n) is 5.28. The van der Waals surface area contributed by atoms with Crippen molar-refractivity contribution in [1.29, 1.82) is 0 Å². The number of methoxy groups -OCH3 is 3. The number of halogens is 1. The van der Waals surface area contributed by atoms with Crippen molar-refractivity contribution in [2.24, 2.45) is 0 Å². The van der Waals surface area contributed by atoms with Crippen molar-refractivity contribution in [2.45, 2.75) is 6.54 Å². The first-order valence-corrected chi connectivity index (χ1v) is 9.89. The van der Waals surface area contributed by atoms with Crippen LogP contribution < -0.4 is 19.1 Å². The average Bonchev–Trinajstić information content (AvgIpc) is 2.78. The molecule has 7 heteroatoms. The Balaban J connectivity index is 1.52. The van der Waals surface area contributed by atoms with Crippen molar-refractivity contribution >= 4 is 12.0 Å². The number of nitrogens with one attached hydrogen (secondary N) is 1. The summed E-state index contributed by atoms with van der Waals surface area (Å²) in [6.07, 6.45) is 3.13. The first kappa shape index (κ1) is 21.6. The molecule has 6 nitrogen and oxygen atoms in total. The fourth-order valence-electron chi connectivity index (χ4n) is 3.56. The third-order valence-corrected chi connectivity index (χ3v) is 5.28. The van der Waals surface area contributed by atoms with Crippen LogP contribution in [0.4, 0.5) is 4.39 Å². The quantitative estimate of drug-likeness (QED) is 0.701. The maximum atomic E-state index is 13.8. The van der Waals surface area contributed by atoms with Crippen molar-refractivity contribution in [3.05, 3.63) is 59.4 Å². The number of piperazine rings is 1. The molecule has 0 radical (unpaired) electrons. The van der Waals surface area contributed by atoms with E-state index < -0.39 is 5.82 Å². The van der Waals surface area contributed by atoms with Crippen LogP contribution in [0.3, 0.4) is 0 Å². The number of nitrogens with zero attached hydrogens (tertiary/aromatic N) is 1. The summed E-state index contributed by atoms with van der Waals surface area (Å²) in [5, 5.41) is 0. The zero-order valence-electron chi connectivity index (χ0n) is 17.6. The number of quaternary nitrogens is 1. The van der Waals surface area contributed by atoms with Crippen LogP contribution in [-0.2, 0) is 11.3 Å². The van der Waals surface area contributed by atoms with Gasteiger partial charge in [-0.2, -0.15) is 0 Å². The van der Waals surface area contributed by atoms with E-state index in [1.807, 2.05) is 23.1 Å². The van der Waals surface area contributed by atoms with Gasteiger partial charge in [0.15, 0.2) is 23.1 Å². The van der Waals surface area contributed by atoms with Gasteiger partial charge in [0.05, 0.1) is 47.5 Å². The molecule has 2 aromatic carbocycles. The molecule has 1 saturated heterocycles. The minimum atomic E-state index is -0.445. The lowest BCUT2D eigenvalue weighted by Gasteiger charge is -2.31. The van der Waals surface area contributed by atoms with E-state index in [1.54, 1.807) is 32.4 Å². The van der Waals surface area contributed by atoms with Gasteiger partial charge in [0.2, 0.25) is 5.91 Å². The highest BCUT2D eigenvalue weighted by Crippen LogP contribution is 2.27. The Hall–Kier alpha value is -3.06. The number of benzene rings is 2. The Kier molecular flexibility index (Phi) is 7.30. The minimum absolute atomic E-state index is 0.0589. The van der Waals surface area contributed by atoms with Crippen molar-refractivity contribution in [3.63, 3.8) is 0 Å². The summed E-state index contributed by atoms with van der Waals surface area (Å²) in [6.45, 7) is 3.96. The zero-order valence-corrected chi connectivity index (χ0v) is 17.6. The number of carbonyl (C=O) groups is 1. The Morgan fingerprint density at radius 1 is 1.00 bits per heavy atom. The molecule has 1 fully saturated rings. The van der Waals surface area contributed by atoms with E-state index in [2.05, 4.69) is 0 Å². The van der Waals surface area contributed by atoms with Gasteiger partial charge in [-0.3, -0.25) is 4.79 Å². The van der Waals surface area contributed by atoms with E-state index in [-0.39, 0.29) is 11.7 Å². The van der Waals surface area contributed by atoms with Crippen molar-refractivity contribution in [3.8, 4) is 17.2 Å². The standard InChI is InChI=1S/C23H27FN2O4/c1-28-20-7-4-17(14-19(20)24)6-9-23(27)26-12-10-25(11-13-26)16-18-5-8-21(29-2)22(15-18)30-3/h4-9,14-15H,10-13,16H2,1-3H3/p+1/b9-6+. The molecule has 0 aromatic heterocycles. The van der Waals surface area contributed by atoms with Crippen LogP contribution in [0.25, 0.3) is 6.08 Å². The van der Waals surface area contributed by atoms with Gasteiger partial charge in [-0.1, -0.05) is 6.07 Å². The summed E-state index contributed by atoms with van der Waals surface area (Å²) in [7, 11) is 4.68. The highest BCUT2D eigenvalue weighted by atomic mass is 19.1. The molecule has 1 amide bonds. The molecular formula is C23H28FN2O4+. The monoisotopic (exact) mass is 415 g/mol. The average molecular weight is 415 g/mol. The van der Waals surface area contributed by atoms with E-state index in [1.165, 1.54) is 29.7 Å². The smallest absolute Gasteiger partial charge is 0.246 e. The van der Waals surface area contributed by atoms with Crippen LogP contribution >= 0.6 is 0 Å². The van der Waals surface area contributed by atoms with E-state index in [0.29, 0.717) is 18.7 Å². The molecule has 2 aromatic rings. The lowest BCUT2D eigenvalue weighted by molar-refractivity contribution is -0.917. The molecule has 3 rings (SSSR count). The molecule has 1 heterocycles. The van der Waals surface area contributed by atoms with E-state index in [0.717, 1.165) is 31.1 Å². The van der Waals surface area contributed by atoms with E-state index in [4.69, 9.17) is 14.2 Å². The first-order valence-electron chi connectivity index (χ1n) is 9.89. The van der Waals surface area contributed by atoms with Crippen molar-refractivity contribution in [1.82, 2.24) is 4.90 Å². The summed E-state index contributed by atoms with van der Waals surface area (Å²) in [6, 6.07) is 10.6. The second kappa shape index (κ2) is 10.1. The van der Waals surface area contributed by atoms with Crippen LogP contribution in [0.1, 0.15) is 11.1 Å². The Bertz CT molecular complexity index is 908. The lowest BCUT2D eigenvalue weighted by Crippen LogP contribution is -3.13. The summed E-state index contributed by atoms with van der Waals surface area (Å²) >= 11 is 0. The Labute approximate surface area is 176 Å². The zero-order chi connectivity index (χ0) is 21.5. The maximum absolute atomic E-state index is 13.8. The van der Waals surface area contributed by atoms with Gasteiger partial charge in [-0.15, -0.1) is 0 Å². The summed E-state index contributed by atoms with van der Waals surface area (Å²) < 4.78 is 29.3. The number of rotatable bonds is 7. The molecular weight excluding hydrogens is 387 g/mol. The van der Waals surface area contributed by atoms with Gasteiger partial charge in [0.25, 0.3) is 0 Å². The second-order valence-electron chi connectivity index (χ2n) is 7.17. The minimum Gasteiger partial charge on any atom is -0.494 e. The molecule has 0 bridgehead atoms. The normalized spacial score (nSPS) is 14.7. The molecule has 1 aliphatic heterocycles. The second-order valence-corrected chi connectivity index (χ2v) is 7.17. The molecule has 30 heavy (non-hydrogen) atoms.